The van der Waals surface area contributed by atoms with E-state index in [2.05, 4.69) is 45.9 Å². The summed E-state index contributed by atoms with van der Waals surface area (Å²) in [6.45, 7) is 9.00. The highest BCUT2D eigenvalue weighted by Crippen LogP contribution is 2.47. The summed E-state index contributed by atoms with van der Waals surface area (Å²) in [6, 6.07) is 19.2. The number of fused-ring (bicyclic) bond motifs is 1. The second kappa shape index (κ2) is 9.21. The van der Waals surface area contributed by atoms with E-state index in [4.69, 9.17) is 9.47 Å². The van der Waals surface area contributed by atoms with E-state index in [0.717, 1.165) is 35.1 Å². The summed E-state index contributed by atoms with van der Waals surface area (Å²) in [5.74, 6) is -0.810. The summed E-state index contributed by atoms with van der Waals surface area (Å²) in [6.07, 6.45) is 2.25. The average Bonchev–Trinajstić information content (AvgIpc) is 2.85. The molecule has 4 rings (SSSR count). The number of esters is 1. The molecule has 5 heteroatoms. The Morgan fingerprint density at radius 1 is 0.800 bits per heavy atom. The summed E-state index contributed by atoms with van der Waals surface area (Å²) in [7, 11) is 1.34. The summed E-state index contributed by atoms with van der Waals surface area (Å²) in [5, 5.41) is 9.22. The van der Waals surface area contributed by atoms with Crippen molar-refractivity contribution in [1.29, 1.82) is 0 Å². The molecular weight excluding hydrogens is 440 g/mol. The van der Waals surface area contributed by atoms with Crippen LogP contribution in [0.2, 0.25) is 0 Å². The van der Waals surface area contributed by atoms with Gasteiger partial charge in [0.2, 0.25) is 0 Å². The summed E-state index contributed by atoms with van der Waals surface area (Å²) >= 11 is 0. The Morgan fingerprint density at radius 2 is 1.40 bits per heavy atom. The van der Waals surface area contributed by atoms with Crippen molar-refractivity contribution in [2.45, 2.75) is 51.4 Å². The maximum atomic E-state index is 11.8. The van der Waals surface area contributed by atoms with Crippen molar-refractivity contribution >= 4 is 11.9 Å². The molecule has 1 N–H and O–H groups in total. The van der Waals surface area contributed by atoms with Crippen molar-refractivity contribution < 1.29 is 24.2 Å². The lowest BCUT2D eigenvalue weighted by Crippen LogP contribution is -2.33. The van der Waals surface area contributed by atoms with E-state index in [1.807, 2.05) is 18.2 Å². The highest BCUT2D eigenvalue weighted by Gasteiger charge is 2.37. The fourth-order valence-corrected chi connectivity index (χ4v) is 4.82. The van der Waals surface area contributed by atoms with Gasteiger partial charge in [-0.1, -0.05) is 64.1 Å². The number of carboxylic acid groups (broad SMARTS) is 1. The molecule has 3 aromatic rings. The van der Waals surface area contributed by atoms with Gasteiger partial charge in [-0.2, -0.15) is 0 Å². The van der Waals surface area contributed by atoms with Crippen LogP contribution in [-0.4, -0.2) is 30.8 Å². The molecule has 0 saturated heterocycles. The molecule has 35 heavy (non-hydrogen) atoms. The van der Waals surface area contributed by atoms with Gasteiger partial charge in [-0.3, -0.25) is 0 Å². The Kier molecular flexibility index (Phi) is 6.46. The van der Waals surface area contributed by atoms with Crippen LogP contribution in [0.3, 0.4) is 0 Å². The summed E-state index contributed by atoms with van der Waals surface area (Å²) in [4.78, 5) is 23.0. The number of rotatable bonds is 6. The molecular formula is C30H32O5. The molecule has 3 aromatic carbocycles. The number of methoxy groups -OCH3 is 1. The highest BCUT2D eigenvalue weighted by atomic mass is 16.6. The van der Waals surface area contributed by atoms with Gasteiger partial charge < -0.3 is 14.6 Å². The average molecular weight is 473 g/mol. The van der Waals surface area contributed by atoms with E-state index in [1.165, 1.54) is 18.2 Å². The molecule has 1 aliphatic carbocycles. The number of aromatic carboxylic acids is 1. The molecule has 0 amide bonds. The van der Waals surface area contributed by atoms with Gasteiger partial charge in [-0.25, -0.2) is 9.59 Å². The van der Waals surface area contributed by atoms with Crippen molar-refractivity contribution in [3.63, 3.8) is 0 Å². The lowest BCUT2D eigenvalue weighted by Gasteiger charge is -2.42. The number of ether oxygens (including phenoxy) is 2. The van der Waals surface area contributed by atoms with Gasteiger partial charge in [0.1, 0.15) is 5.75 Å². The number of benzene rings is 3. The number of hydrogen-bond acceptors (Lipinski definition) is 4. The molecule has 0 aliphatic heterocycles. The van der Waals surface area contributed by atoms with Gasteiger partial charge in [0.25, 0.3) is 0 Å². The molecule has 0 saturated carbocycles. The van der Waals surface area contributed by atoms with Crippen molar-refractivity contribution in [2.75, 3.05) is 13.7 Å². The molecule has 0 fully saturated rings. The minimum Gasteiger partial charge on any atom is -0.481 e. The van der Waals surface area contributed by atoms with Gasteiger partial charge in [-0.15, -0.1) is 0 Å². The molecule has 0 bridgehead atoms. The molecule has 0 unspecified atom stereocenters. The molecule has 182 valence electrons. The quantitative estimate of drug-likeness (QED) is 0.408. The summed E-state index contributed by atoms with van der Waals surface area (Å²) < 4.78 is 10.6. The lowest BCUT2D eigenvalue weighted by atomic mass is 9.63. The Bertz CT molecular complexity index is 1270. The lowest BCUT2D eigenvalue weighted by molar-refractivity contribution is -0.142. The second-order valence-electron chi connectivity index (χ2n) is 10.5. The normalized spacial score (nSPS) is 15.7. The second-order valence-corrected chi connectivity index (χ2v) is 10.5. The van der Waals surface area contributed by atoms with Gasteiger partial charge in [0.15, 0.2) is 6.61 Å². The molecule has 0 aromatic heterocycles. The predicted molar refractivity (Wildman–Crippen MR) is 137 cm³/mol. The van der Waals surface area contributed by atoms with E-state index < -0.39 is 11.9 Å². The first kappa shape index (κ1) is 24.5. The third kappa shape index (κ3) is 4.95. The van der Waals surface area contributed by atoms with Gasteiger partial charge >= 0.3 is 11.9 Å². The fourth-order valence-electron chi connectivity index (χ4n) is 4.82. The predicted octanol–water partition coefficient (Wildman–Crippen LogP) is 6.62. The molecule has 0 heterocycles. The van der Waals surface area contributed by atoms with Crippen LogP contribution in [0.25, 0.3) is 22.3 Å². The van der Waals surface area contributed by atoms with E-state index >= 15 is 0 Å². The number of carbonyl (C=O) groups excluding carboxylic acids is 1. The molecule has 5 nitrogen and oxygen atoms in total. The molecule has 0 atom stereocenters. The Balaban J connectivity index is 1.83. The molecule has 1 aliphatic rings. The largest absolute Gasteiger partial charge is 0.481 e. The summed E-state index contributed by atoms with van der Waals surface area (Å²) in [5.41, 5.74) is 6.83. The maximum Gasteiger partial charge on any atom is 0.343 e. The van der Waals surface area contributed by atoms with Gasteiger partial charge in [0.05, 0.1) is 12.7 Å². The van der Waals surface area contributed by atoms with Crippen LogP contribution in [0.1, 0.15) is 62.0 Å². The van der Waals surface area contributed by atoms with Crippen LogP contribution in [-0.2, 0) is 20.4 Å². The van der Waals surface area contributed by atoms with Crippen LogP contribution in [0.4, 0.5) is 0 Å². The van der Waals surface area contributed by atoms with Crippen LogP contribution in [0.15, 0.2) is 60.7 Å². The monoisotopic (exact) mass is 472 g/mol. The van der Waals surface area contributed by atoms with E-state index in [0.29, 0.717) is 5.75 Å². The minimum absolute atomic E-state index is 0.0537. The number of hydrogen-bond donors (Lipinski definition) is 1. The van der Waals surface area contributed by atoms with Crippen LogP contribution < -0.4 is 4.74 Å². The van der Waals surface area contributed by atoms with Crippen LogP contribution in [0.5, 0.6) is 5.75 Å². The Morgan fingerprint density at radius 3 is 2.03 bits per heavy atom. The third-order valence-corrected chi connectivity index (χ3v) is 7.18. The highest BCUT2D eigenvalue weighted by molar-refractivity contribution is 5.88. The van der Waals surface area contributed by atoms with E-state index in [1.54, 1.807) is 24.3 Å². The molecule has 0 spiro atoms. The van der Waals surface area contributed by atoms with Crippen LogP contribution >= 0.6 is 0 Å². The number of carboxylic acids is 1. The fraction of sp³-hybridized carbons (Fsp3) is 0.333. The Labute approximate surface area is 206 Å². The minimum atomic E-state index is -0.955. The number of carbonyl (C=O) groups is 2. The molecule has 0 radical (unpaired) electrons. The van der Waals surface area contributed by atoms with Gasteiger partial charge in [0, 0.05) is 5.56 Å². The topological polar surface area (TPSA) is 72.8 Å². The smallest absolute Gasteiger partial charge is 0.343 e. The van der Waals surface area contributed by atoms with E-state index in [-0.39, 0.29) is 23.0 Å². The standard InChI is InChI=1S/C30H32O5/c1-29(2)14-15-30(3,4)25-17-22(10-12-24(25)29)23-16-21(11-13-26(23)35-18-27(31)34-5)19-6-8-20(9-7-19)28(32)33/h6-13,16-17H,14-15,18H2,1-5H3,(H,32,33). The zero-order valence-corrected chi connectivity index (χ0v) is 21.0. The van der Waals surface area contributed by atoms with Crippen molar-refractivity contribution in [3.8, 4) is 28.0 Å². The third-order valence-electron chi connectivity index (χ3n) is 7.18. The first-order valence-electron chi connectivity index (χ1n) is 11.8. The maximum absolute atomic E-state index is 11.8. The Hall–Kier alpha value is -3.60. The van der Waals surface area contributed by atoms with E-state index in [9.17, 15) is 14.7 Å². The first-order valence-corrected chi connectivity index (χ1v) is 11.8. The van der Waals surface area contributed by atoms with Crippen molar-refractivity contribution in [3.05, 3.63) is 77.4 Å². The van der Waals surface area contributed by atoms with Crippen molar-refractivity contribution in [1.82, 2.24) is 0 Å². The zero-order valence-electron chi connectivity index (χ0n) is 21.0. The zero-order chi connectivity index (χ0) is 25.4. The van der Waals surface area contributed by atoms with Crippen LogP contribution in [0, 0.1) is 0 Å². The SMILES string of the molecule is COC(=O)COc1ccc(-c2ccc(C(=O)O)cc2)cc1-c1ccc2c(c1)C(C)(C)CCC2(C)C. The first-order chi connectivity index (χ1) is 16.5. The van der Waals surface area contributed by atoms with Gasteiger partial charge in [-0.05, 0) is 75.8 Å². The van der Waals surface area contributed by atoms with Crippen molar-refractivity contribution in [2.24, 2.45) is 0 Å².